The third-order valence-corrected chi connectivity index (χ3v) is 6.27. The molecule has 2 heterocycles. The van der Waals surface area contributed by atoms with Gasteiger partial charge in [-0.3, -0.25) is 0 Å². The lowest BCUT2D eigenvalue weighted by Gasteiger charge is -2.39. The van der Waals surface area contributed by atoms with Gasteiger partial charge in [-0.25, -0.2) is 9.78 Å². The van der Waals surface area contributed by atoms with Gasteiger partial charge in [0.05, 0.1) is 14.2 Å². The number of urea groups is 1. The summed E-state index contributed by atoms with van der Waals surface area (Å²) in [5, 5.41) is 3.86. The van der Waals surface area contributed by atoms with Crippen LogP contribution in [0.5, 0.6) is 11.5 Å². The second kappa shape index (κ2) is 9.86. The molecule has 1 aromatic heterocycles. The first-order valence-corrected chi connectivity index (χ1v) is 11.2. The fourth-order valence-corrected chi connectivity index (χ4v) is 4.43. The molecule has 1 aliphatic heterocycles. The number of methoxy groups -OCH3 is 2. The molecule has 1 fully saturated rings. The van der Waals surface area contributed by atoms with Crippen molar-refractivity contribution in [2.24, 2.45) is 0 Å². The highest BCUT2D eigenvalue weighted by atomic mass is 32.1. The fourth-order valence-electron chi connectivity index (χ4n) is 3.71. The van der Waals surface area contributed by atoms with E-state index in [2.05, 4.69) is 21.5 Å². The highest BCUT2D eigenvalue weighted by Crippen LogP contribution is 2.24. The standard InChI is InChI=1S/C23H27N5O3S/c1-16-15-27(11-12-28(16)22(29)24-18-7-9-19(30-2)10-8-18)23-25-21(26-32-23)14-17-5-4-6-20(13-17)31-3/h4-10,13,16H,11-12,14-15H2,1-3H3,(H,24,29). The molecule has 1 saturated heterocycles. The Kier molecular flexibility index (Phi) is 6.75. The minimum Gasteiger partial charge on any atom is -0.497 e. The van der Waals surface area contributed by atoms with Crippen LogP contribution in [0.4, 0.5) is 15.6 Å². The van der Waals surface area contributed by atoms with Gasteiger partial charge in [-0.1, -0.05) is 12.1 Å². The molecule has 0 bridgehead atoms. The van der Waals surface area contributed by atoms with E-state index in [1.807, 2.05) is 53.4 Å². The maximum atomic E-state index is 12.8. The molecular weight excluding hydrogens is 426 g/mol. The van der Waals surface area contributed by atoms with E-state index in [1.165, 1.54) is 11.5 Å². The van der Waals surface area contributed by atoms with Crippen molar-refractivity contribution in [3.63, 3.8) is 0 Å². The highest BCUT2D eigenvalue weighted by molar-refractivity contribution is 7.09. The van der Waals surface area contributed by atoms with Crippen molar-refractivity contribution in [2.75, 3.05) is 44.1 Å². The predicted octanol–water partition coefficient (Wildman–Crippen LogP) is 3.89. The lowest BCUT2D eigenvalue weighted by molar-refractivity contribution is 0.185. The first kappa shape index (κ1) is 21.9. The zero-order valence-electron chi connectivity index (χ0n) is 18.4. The van der Waals surface area contributed by atoms with Gasteiger partial charge in [0.2, 0.25) is 5.13 Å². The van der Waals surface area contributed by atoms with E-state index in [9.17, 15) is 4.79 Å². The fraction of sp³-hybridized carbons (Fsp3) is 0.348. The molecular formula is C23H27N5O3S. The lowest BCUT2D eigenvalue weighted by atomic mass is 10.1. The normalized spacial score (nSPS) is 16.0. The summed E-state index contributed by atoms with van der Waals surface area (Å²) in [4.78, 5) is 21.6. The summed E-state index contributed by atoms with van der Waals surface area (Å²) in [6, 6.07) is 15.2. The molecule has 2 amide bonds. The van der Waals surface area contributed by atoms with Crippen molar-refractivity contribution in [1.29, 1.82) is 0 Å². The van der Waals surface area contributed by atoms with Gasteiger partial charge in [-0.05, 0) is 48.9 Å². The molecule has 0 saturated carbocycles. The summed E-state index contributed by atoms with van der Waals surface area (Å²) in [5.41, 5.74) is 1.86. The van der Waals surface area contributed by atoms with Crippen LogP contribution in [0.25, 0.3) is 0 Å². The second-order valence-corrected chi connectivity index (χ2v) is 8.40. The van der Waals surface area contributed by atoms with Crippen LogP contribution in [0.1, 0.15) is 18.3 Å². The van der Waals surface area contributed by atoms with Crippen molar-refractivity contribution in [2.45, 2.75) is 19.4 Å². The van der Waals surface area contributed by atoms with Crippen LogP contribution >= 0.6 is 11.5 Å². The third kappa shape index (κ3) is 5.11. The molecule has 8 nitrogen and oxygen atoms in total. The second-order valence-electron chi connectivity index (χ2n) is 7.67. The number of nitrogens with zero attached hydrogens (tertiary/aromatic N) is 4. The average molecular weight is 454 g/mol. The molecule has 9 heteroatoms. The van der Waals surface area contributed by atoms with E-state index in [4.69, 9.17) is 14.5 Å². The van der Waals surface area contributed by atoms with E-state index in [0.717, 1.165) is 33.7 Å². The van der Waals surface area contributed by atoms with Gasteiger partial charge in [-0.2, -0.15) is 4.37 Å². The topological polar surface area (TPSA) is 79.8 Å². The first-order valence-electron chi connectivity index (χ1n) is 10.5. The quantitative estimate of drug-likeness (QED) is 0.610. The minimum atomic E-state index is -0.0988. The summed E-state index contributed by atoms with van der Waals surface area (Å²) >= 11 is 1.41. The van der Waals surface area contributed by atoms with E-state index in [0.29, 0.717) is 26.1 Å². The van der Waals surface area contributed by atoms with Crippen molar-refractivity contribution >= 4 is 28.4 Å². The van der Waals surface area contributed by atoms with Crippen molar-refractivity contribution < 1.29 is 14.3 Å². The number of aromatic nitrogens is 2. The van der Waals surface area contributed by atoms with Crippen LogP contribution in [-0.2, 0) is 6.42 Å². The van der Waals surface area contributed by atoms with Gasteiger partial charge < -0.3 is 24.6 Å². The van der Waals surface area contributed by atoms with Gasteiger partial charge in [0, 0.05) is 49.3 Å². The van der Waals surface area contributed by atoms with Crippen LogP contribution in [0, 0.1) is 0 Å². The molecule has 3 aromatic rings. The average Bonchev–Trinajstić information content (AvgIpc) is 3.28. The summed E-state index contributed by atoms with van der Waals surface area (Å²) in [6.45, 7) is 4.10. The molecule has 1 aliphatic rings. The number of carbonyl (C=O) groups is 1. The van der Waals surface area contributed by atoms with Crippen LogP contribution in [0.15, 0.2) is 48.5 Å². The number of ether oxygens (including phenoxy) is 2. The number of benzene rings is 2. The molecule has 168 valence electrons. The monoisotopic (exact) mass is 453 g/mol. The molecule has 0 aliphatic carbocycles. The SMILES string of the molecule is COc1ccc(NC(=O)N2CCN(c3nc(Cc4cccc(OC)c4)ns3)CC2C)cc1. The van der Waals surface area contributed by atoms with Gasteiger partial charge in [0.25, 0.3) is 0 Å². The van der Waals surface area contributed by atoms with Crippen molar-refractivity contribution in [3.8, 4) is 11.5 Å². The third-order valence-electron chi connectivity index (χ3n) is 5.45. The molecule has 0 radical (unpaired) electrons. The zero-order valence-corrected chi connectivity index (χ0v) is 19.3. The van der Waals surface area contributed by atoms with E-state index >= 15 is 0 Å². The molecule has 4 rings (SSSR count). The number of carbonyl (C=O) groups excluding carboxylic acids is 1. The van der Waals surface area contributed by atoms with Crippen LogP contribution in [-0.4, -0.2) is 60.2 Å². The van der Waals surface area contributed by atoms with Gasteiger partial charge in [0.15, 0.2) is 0 Å². The van der Waals surface area contributed by atoms with Crippen LogP contribution < -0.4 is 19.7 Å². The Balaban J connectivity index is 1.34. The summed E-state index contributed by atoms with van der Waals surface area (Å²) in [6.07, 6.45) is 0.660. The smallest absolute Gasteiger partial charge is 0.322 e. The number of hydrogen-bond donors (Lipinski definition) is 1. The van der Waals surface area contributed by atoms with E-state index in [1.54, 1.807) is 14.2 Å². The van der Waals surface area contributed by atoms with E-state index < -0.39 is 0 Å². The first-order chi connectivity index (χ1) is 15.6. The number of anilines is 2. The maximum Gasteiger partial charge on any atom is 0.322 e. The van der Waals surface area contributed by atoms with Gasteiger partial charge in [0.1, 0.15) is 17.3 Å². The Hall–Kier alpha value is -3.33. The molecule has 1 unspecified atom stereocenters. The minimum absolute atomic E-state index is 0.0488. The number of rotatable bonds is 6. The Morgan fingerprint density at radius 3 is 2.62 bits per heavy atom. The van der Waals surface area contributed by atoms with Gasteiger partial charge in [-0.15, -0.1) is 0 Å². The number of nitrogens with one attached hydrogen (secondary N) is 1. The molecule has 32 heavy (non-hydrogen) atoms. The summed E-state index contributed by atoms with van der Waals surface area (Å²) in [7, 11) is 3.28. The Bertz CT molecular complexity index is 1060. The van der Waals surface area contributed by atoms with Crippen molar-refractivity contribution in [1.82, 2.24) is 14.3 Å². The molecule has 2 aromatic carbocycles. The Morgan fingerprint density at radius 2 is 1.91 bits per heavy atom. The summed E-state index contributed by atoms with van der Waals surface area (Å²) in [5.74, 6) is 2.38. The predicted molar refractivity (Wildman–Crippen MR) is 126 cm³/mol. The number of amides is 2. The largest absolute Gasteiger partial charge is 0.497 e. The number of piperazine rings is 1. The highest BCUT2D eigenvalue weighted by Gasteiger charge is 2.29. The Labute approximate surface area is 192 Å². The Morgan fingerprint density at radius 1 is 1.12 bits per heavy atom. The lowest BCUT2D eigenvalue weighted by Crippen LogP contribution is -2.55. The van der Waals surface area contributed by atoms with Crippen LogP contribution in [0.3, 0.4) is 0 Å². The molecule has 0 spiro atoms. The van der Waals surface area contributed by atoms with Crippen LogP contribution in [0.2, 0.25) is 0 Å². The van der Waals surface area contributed by atoms with Gasteiger partial charge >= 0.3 is 6.03 Å². The number of hydrogen-bond acceptors (Lipinski definition) is 7. The maximum absolute atomic E-state index is 12.8. The van der Waals surface area contributed by atoms with E-state index in [-0.39, 0.29) is 12.1 Å². The van der Waals surface area contributed by atoms with Crippen molar-refractivity contribution in [3.05, 3.63) is 59.9 Å². The molecule has 1 N–H and O–H groups in total. The molecule has 1 atom stereocenters. The zero-order chi connectivity index (χ0) is 22.5. The summed E-state index contributed by atoms with van der Waals surface area (Å²) < 4.78 is 15.0.